The molecule has 0 aromatic rings. The van der Waals surface area contributed by atoms with Gasteiger partial charge in [-0.1, -0.05) is 26.0 Å². The minimum absolute atomic E-state index is 0.0388. The molecule has 0 fully saturated rings. The van der Waals surface area contributed by atoms with Crippen molar-refractivity contribution in [1.82, 2.24) is 10.6 Å². The van der Waals surface area contributed by atoms with Crippen LogP contribution in [0.2, 0.25) is 0 Å². The molecule has 0 atom stereocenters. The summed E-state index contributed by atoms with van der Waals surface area (Å²) in [5, 5.41) is 5.51. The molecule has 0 aromatic heterocycles. The lowest BCUT2D eigenvalue weighted by Gasteiger charge is -2.34. The van der Waals surface area contributed by atoms with E-state index in [1.54, 1.807) is 13.8 Å². The van der Waals surface area contributed by atoms with Crippen LogP contribution in [0.5, 0.6) is 0 Å². The van der Waals surface area contributed by atoms with E-state index < -0.39 is 29.7 Å². The van der Waals surface area contributed by atoms with Crippen LogP contribution in [0, 0.1) is 0 Å². The van der Waals surface area contributed by atoms with Gasteiger partial charge in [0.05, 0.1) is 26.4 Å². The Labute approximate surface area is 189 Å². The number of hydrogen-bond acceptors (Lipinski definition) is 8. The van der Waals surface area contributed by atoms with Crippen LogP contribution in [-0.4, -0.2) is 62.6 Å². The van der Waals surface area contributed by atoms with Crippen molar-refractivity contribution in [3.8, 4) is 0 Å². The highest BCUT2D eigenvalue weighted by Crippen LogP contribution is 2.25. The first-order valence-electron chi connectivity index (χ1n) is 10.8. The van der Waals surface area contributed by atoms with Gasteiger partial charge in [0.15, 0.2) is 0 Å². The Morgan fingerprint density at radius 2 is 1.28 bits per heavy atom. The summed E-state index contributed by atoms with van der Waals surface area (Å²) in [4.78, 5) is 46.4. The smallest absolute Gasteiger partial charge is 0.407 e. The van der Waals surface area contributed by atoms with Crippen LogP contribution in [-0.2, 0) is 28.5 Å². The zero-order valence-corrected chi connectivity index (χ0v) is 19.1. The molecule has 0 aliphatic rings. The van der Waals surface area contributed by atoms with Gasteiger partial charge < -0.3 is 29.6 Å². The minimum atomic E-state index is -0.830. The average molecular weight is 457 g/mol. The summed E-state index contributed by atoms with van der Waals surface area (Å²) >= 11 is 0. The Hall–Kier alpha value is -3.04. The van der Waals surface area contributed by atoms with Gasteiger partial charge in [0.2, 0.25) is 0 Å². The standard InChI is InChI=1S/C22H36N2O8/c1-5-18(25)31-16-13-22(24-21(28)30-8-4,14-17-32-19(26)6-2)12-10-9-11-15-23-20(27)29-7-3/h5-6H,1-2,7-17H2,3-4H3,(H,23,27)(H,24,28). The van der Waals surface area contributed by atoms with Crippen LogP contribution < -0.4 is 10.6 Å². The molecule has 0 bridgehead atoms. The quantitative estimate of drug-likeness (QED) is 0.148. The van der Waals surface area contributed by atoms with E-state index in [2.05, 4.69) is 23.8 Å². The molecular formula is C22H36N2O8. The summed E-state index contributed by atoms with van der Waals surface area (Å²) < 4.78 is 20.0. The van der Waals surface area contributed by atoms with E-state index in [-0.39, 0.29) is 32.7 Å². The molecule has 32 heavy (non-hydrogen) atoms. The molecule has 2 amide bonds. The lowest BCUT2D eigenvalue weighted by Crippen LogP contribution is -2.50. The maximum absolute atomic E-state index is 12.2. The molecule has 2 N–H and O–H groups in total. The van der Waals surface area contributed by atoms with Gasteiger partial charge in [-0.3, -0.25) is 0 Å². The lowest BCUT2D eigenvalue weighted by atomic mass is 9.86. The van der Waals surface area contributed by atoms with Crippen molar-refractivity contribution in [3.05, 3.63) is 25.3 Å². The number of carbonyl (C=O) groups excluding carboxylic acids is 4. The number of ether oxygens (including phenoxy) is 4. The number of rotatable bonds is 17. The summed E-state index contributed by atoms with van der Waals surface area (Å²) in [6.45, 7) is 11.2. The Morgan fingerprint density at radius 1 is 0.750 bits per heavy atom. The van der Waals surface area contributed by atoms with Crippen molar-refractivity contribution in [1.29, 1.82) is 0 Å². The Bertz CT molecular complexity index is 595. The van der Waals surface area contributed by atoms with Crippen molar-refractivity contribution in [2.24, 2.45) is 0 Å². The van der Waals surface area contributed by atoms with Gasteiger partial charge in [-0.15, -0.1) is 0 Å². The Balaban J connectivity index is 5.04. The number of amides is 2. The fraction of sp³-hybridized carbons (Fsp3) is 0.636. The van der Waals surface area contributed by atoms with Crippen molar-refractivity contribution in [2.75, 3.05) is 33.0 Å². The number of hydrogen-bond donors (Lipinski definition) is 2. The average Bonchev–Trinajstić information content (AvgIpc) is 2.76. The largest absolute Gasteiger partial charge is 0.462 e. The lowest BCUT2D eigenvalue weighted by molar-refractivity contribution is -0.138. The first-order valence-corrected chi connectivity index (χ1v) is 10.8. The third-order valence-electron chi connectivity index (χ3n) is 4.50. The molecule has 0 saturated heterocycles. The van der Waals surface area contributed by atoms with Crippen LogP contribution in [0.3, 0.4) is 0 Å². The zero-order chi connectivity index (χ0) is 24.2. The van der Waals surface area contributed by atoms with Crippen LogP contribution in [0.1, 0.15) is 52.4 Å². The summed E-state index contributed by atoms with van der Waals surface area (Å²) in [7, 11) is 0. The van der Waals surface area contributed by atoms with E-state index >= 15 is 0 Å². The molecule has 182 valence electrons. The van der Waals surface area contributed by atoms with Crippen LogP contribution >= 0.6 is 0 Å². The first kappa shape index (κ1) is 29.0. The summed E-state index contributed by atoms with van der Waals surface area (Å²) in [6, 6.07) is 0. The number of alkyl carbamates (subject to hydrolysis) is 2. The first-order chi connectivity index (χ1) is 15.3. The van der Waals surface area contributed by atoms with Crippen LogP contribution in [0.4, 0.5) is 9.59 Å². The van der Waals surface area contributed by atoms with Gasteiger partial charge in [0, 0.05) is 37.1 Å². The number of carbonyl (C=O) groups is 4. The molecule has 0 aliphatic heterocycles. The molecule has 0 spiro atoms. The predicted molar refractivity (Wildman–Crippen MR) is 118 cm³/mol. The van der Waals surface area contributed by atoms with E-state index in [1.165, 1.54) is 0 Å². The molecule has 0 rings (SSSR count). The predicted octanol–water partition coefficient (Wildman–Crippen LogP) is 3.02. The van der Waals surface area contributed by atoms with Gasteiger partial charge in [0.1, 0.15) is 0 Å². The third kappa shape index (κ3) is 14.1. The van der Waals surface area contributed by atoms with Gasteiger partial charge in [0.25, 0.3) is 0 Å². The molecule has 0 aliphatic carbocycles. The van der Waals surface area contributed by atoms with Gasteiger partial charge in [-0.05, 0) is 26.7 Å². The Morgan fingerprint density at radius 3 is 1.78 bits per heavy atom. The van der Waals surface area contributed by atoms with E-state index in [4.69, 9.17) is 18.9 Å². The topological polar surface area (TPSA) is 129 Å². The maximum Gasteiger partial charge on any atom is 0.407 e. The van der Waals surface area contributed by atoms with Gasteiger partial charge in [-0.25, -0.2) is 19.2 Å². The van der Waals surface area contributed by atoms with Crippen molar-refractivity contribution in [2.45, 2.75) is 57.9 Å². The number of nitrogens with one attached hydrogen (secondary N) is 2. The molecule has 10 heteroatoms. The third-order valence-corrected chi connectivity index (χ3v) is 4.50. The second kappa shape index (κ2) is 17.6. The summed E-state index contributed by atoms with van der Waals surface area (Å²) in [5.41, 5.74) is -0.830. The molecule has 0 unspecified atom stereocenters. The summed E-state index contributed by atoms with van der Waals surface area (Å²) in [5.74, 6) is -1.14. The van der Waals surface area contributed by atoms with E-state index in [0.717, 1.165) is 18.6 Å². The SMILES string of the molecule is C=CC(=O)OCCC(CCCCCNC(=O)OCC)(CCOC(=O)C=C)NC(=O)OCC. The monoisotopic (exact) mass is 456 g/mol. The maximum atomic E-state index is 12.2. The zero-order valence-electron chi connectivity index (χ0n) is 19.1. The van der Waals surface area contributed by atoms with E-state index in [9.17, 15) is 19.2 Å². The van der Waals surface area contributed by atoms with Gasteiger partial charge in [-0.2, -0.15) is 0 Å². The van der Waals surface area contributed by atoms with Gasteiger partial charge >= 0.3 is 24.1 Å². The second-order valence-electron chi connectivity index (χ2n) is 6.83. The second-order valence-corrected chi connectivity index (χ2v) is 6.83. The highest BCUT2D eigenvalue weighted by atomic mass is 16.6. The van der Waals surface area contributed by atoms with Crippen molar-refractivity contribution in [3.63, 3.8) is 0 Å². The van der Waals surface area contributed by atoms with E-state index in [1.807, 2.05) is 0 Å². The summed E-state index contributed by atoms with van der Waals surface area (Å²) in [6.07, 6.45) is 4.31. The Kier molecular flexibility index (Phi) is 15.9. The number of esters is 2. The molecule has 0 radical (unpaired) electrons. The normalized spacial score (nSPS) is 10.4. The van der Waals surface area contributed by atoms with Crippen molar-refractivity contribution < 1.29 is 38.1 Å². The highest BCUT2D eigenvalue weighted by molar-refractivity contribution is 5.81. The molecular weight excluding hydrogens is 420 g/mol. The van der Waals surface area contributed by atoms with Crippen LogP contribution in [0.15, 0.2) is 25.3 Å². The van der Waals surface area contributed by atoms with Crippen LogP contribution in [0.25, 0.3) is 0 Å². The molecule has 0 saturated carbocycles. The minimum Gasteiger partial charge on any atom is -0.462 e. The molecule has 0 heterocycles. The number of unbranched alkanes of at least 4 members (excludes halogenated alkanes) is 2. The molecule has 0 aromatic carbocycles. The van der Waals surface area contributed by atoms with E-state index in [0.29, 0.717) is 32.4 Å². The van der Waals surface area contributed by atoms with Crippen molar-refractivity contribution >= 4 is 24.1 Å². The molecule has 10 nitrogen and oxygen atoms in total. The fourth-order valence-electron chi connectivity index (χ4n) is 2.90. The highest BCUT2D eigenvalue weighted by Gasteiger charge is 2.32. The fourth-order valence-corrected chi connectivity index (χ4v) is 2.90.